The summed E-state index contributed by atoms with van der Waals surface area (Å²) in [5, 5.41) is 4.19. The summed E-state index contributed by atoms with van der Waals surface area (Å²) in [6.07, 6.45) is 1.08. The van der Waals surface area contributed by atoms with Crippen LogP contribution in [-0.4, -0.2) is 22.0 Å². The van der Waals surface area contributed by atoms with Gasteiger partial charge in [0, 0.05) is 7.05 Å². The zero-order valence-electron chi connectivity index (χ0n) is 11.0. The third-order valence-electron chi connectivity index (χ3n) is 2.57. The Morgan fingerprint density at radius 1 is 1.47 bits per heavy atom. The summed E-state index contributed by atoms with van der Waals surface area (Å²) in [7, 11) is 1.95. The third-order valence-corrected chi connectivity index (χ3v) is 4.85. The lowest BCUT2D eigenvalue weighted by Crippen LogP contribution is -2.24. The van der Waals surface area contributed by atoms with Crippen LogP contribution in [0, 0.1) is 0 Å². The monoisotopic (exact) mass is 295 g/mol. The summed E-state index contributed by atoms with van der Waals surface area (Å²) in [6, 6.07) is 8.10. The molecular formula is C13H17N3OS2. The molecule has 1 aromatic heterocycles. The Balaban J connectivity index is 2.09. The molecule has 2 aromatic rings. The lowest BCUT2D eigenvalue weighted by atomic mass is 10.3. The predicted octanol–water partition coefficient (Wildman–Crippen LogP) is 2.31. The minimum atomic E-state index is -0.0455. The van der Waals surface area contributed by atoms with Crippen molar-refractivity contribution in [2.24, 2.45) is 12.1 Å². The molecule has 0 aliphatic carbocycles. The second-order valence-electron chi connectivity index (χ2n) is 4.11. The number of fused-ring (bicyclic) bond motifs is 1. The first-order valence-electron chi connectivity index (χ1n) is 6.17. The smallest absolute Gasteiger partial charge is 0.250 e. The number of aromatic nitrogens is 1. The number of nitrogens with zero attached hydrogens (tertiary/aromatic N) is 2. The van der Waals surface area contributed by atoms with Gasteiger partial charge in [0.25, 0.3) is 0 Å². The van der Waals surface area contributed by atoms with E-state index in [1.807, 2.05) is 29.8 Å². The molecule has 6 heteroatoms. The normalized spacial score (nSPS) is 12.0. The van der Waals surface area contributed by atoms with Crippen molar-refractivity contribution in [3.63, 3.8) is 0 Å². The minimum Gasteiger partial charge on any atom is -0.318 e. The number of hydrogen-bond donors (Lipinski definition) is 1. The number of para-hydroxylation sites is 1. The maximum Gasteiger partial charge on any atom is 0.250 e. The van der Waals surface area contributed by atoms with Crippen molar-refractivity contribution in [3.05, 3.63) is 29.1 Å². The van der Waals surface area contributed by atoms with Gasteiger partial charge < -0.3 is 4.57 Å². The second kappa shape index (κ2) is 6.77. The number of carbonyl (C=O) groups excluding carboxylic acids is 1. The highest BCUT2D eigenvalue weighted by Gasteiger charge is 2.02. The molecule has 0 fully saturated rings. The predicted molar refractivity (Wildman–Crippen MR) is 82.1 cm³/mol. The first-order valence-corrected chi connectivity index (χ1v) is 8.14. The van der Waals surface area contributed by atoms with Crippen LogP contribution in [0.15, 0.2) is 29.4 Å². The molecule has 0 saturated carbocycles. The third kappa shape index (κ3) is 3.61. The number of aryl methyl sites for hydroxylation is 1. The number of thioether (sulfide) groups is 1. The zero-order chi connectivity index (χ0) is 13.7. The highest BCUT2D eigenvalue weighted by molar-refractivity contribution is 7.99. The van der Waals surface area contributed by atoms with Gasteiger partial charge in [0.1, 0.15) is 0 Å². The van der Waals surface area contributed by atoms with Crippen LogP contribution in [0.1, 0.15) is 13.3 Å². The largest absolute Gasteiger partial charge is 0.318 e. The Morgan fingerprint density at radius 2 is 2.26 bits per heavy atom. The summed E-state index contributed by atoms with van der Waals surface area (Å²) >= 11 is 3.20. The summed E-state index contributed by atoms with van der Waals surface area (Å²) in [6.45, 7) is 2.10. The van der Waals surface area contributed by atoms with E-state index >= 15 is 0 Å². The van der Waals surface area contributed by atoms with Gasteiger partial charge in [-0.3, -0.25) is 4.79 Å². The van der Waals surface area contributed by atoms with Crippen molar-refractivity contribution in [1.82, 2.24) is 9.99 Å². The van der Waals surface area contributed by atoms with Crippen LogP contribution in [0.3, 0.4) is 0 Å². The Labute approximate surface area is 120 Å². The van der Waals surface area contributed by atoms with Gasteiger partial charge >= 0.3 is 0 Å². The van der Waals surface area contributed by atoms with Crippen LogP contribution in [0.4, 0.5) is 0 Å². The summed E-state index contributed by atoms with van der Waals surface area (Å²) in [5.74, 6) is 1.42. The van der Waals surface area contributed by atoms with Gasteiger partial charge in [0.05, 0.1) is 16.0 Å². The fourth-order valence-corrected chi connectivity index (χ4v) is 3.30. The average Bonchev–Trinajstić information content (AvgIpc) is 2.74. The number of amides is 1. The van der Waals surface area contributed by atoms with E-state index in [4.69, 9.17) is 0 Å². The molecule has 0 saturated heterocycles. The summed E-state index contributed by atoms with van der Waals surface area (Å²) < 4.78 is 3.15. The van der Waals surface area contributed by atoms with E-state index in [9.17, 15) is 4.79 Å². The SMILES string of the molecule is CCCSCC(=O)N/N=c1\sc2ccccc2n1C. The topological polar surface area (TPSA) is 46.4 Å². The highest BCUT2D eigenvalue weighted by Crippen LogP contribution is 2.14. The van der Waals surface area contributed by atoms with Crippen molar-refractivity contribution in [2.45, 2.75) is 13.3 Å². The fourth-order valence-electron chi connectivity index (χ4n) is 1.64. The fraction of sp³-hybridized carbons (Fsp3) is 0.385. The molecule has 1 heterocycles. The molecule has 2 rings (SSSR count). The molecular weight excluding hydrogens is 278 g/mol. The van der Waals surface area contributed by atoms with Crippen molar-refractivity contribution in [3.8, 4) is 0 Å². The van der Waals surface area contributed by atoms with Crippen molar-refractivity contribution in [2.75, 3.05) is 11.5 Å². The van der Waals surface area contributed by atoms with Crippen LogP contribution in [-0.2, 0) is 11.8 Å². The van der Waals surface area contributed by atoms with Crippen molar-refractivity contribution < 1.29 is 4.79 Å². The van der Waals surface area contributed by atoms with E-state index < -0.39 is 0 Å². The maximum absolute atomic E-state index is 11.6. The molecule has 0 aliphatic heterocycles. The van der Waals surface area contributed by atoms with E-state index in [1.54, 1.807) is 23.1 Å². The van der Waals surface area contributed by atoms with Crippen molar-refractivity contribution >= 4 is 39.2 Å². The molecule has 0 radical (unpaired) electrons. The molecule has 1 aromatic carbocycles. The number of benzene rings is 1. The van der Waals surface area contributed by atoms with Gasteiger partial charge in [0.2, 0.25) is 10.7 Å². The van der Waals surface area contributed by atoms with Crippen LogP contribution in [0.25, 0.3) is 10.2 Å². The van der Waals surface area contributed by atoms with Crippen LogP contribution in [0.2, 0.25) is 0 Å². The molecule has 0 bridgehead atoms. The van der Waals surface area contributed by atoms with E-state index in [2.05, 4.69) is 23.5 Å². The van der Waals surface area contributed by atoms with E-state index in [0.717, 1.165) is 22.5 Å². The molecule has 1 N–H and O–H groups in total. The van der Waals surface area contributed by atoms with Gasteiger partial charge in [-0.1, -0.05) is 30.4 Å². The van der Waals surface area contributed by atoms with Gasteiger partial charge in [-0.25, -0.2) is 5.43 Å². The molecule has 0 spiro atoms. The van der Waals surface area contributed by atoms with E-state index in [-0.39, 0.29) is 5.91 Å². The van der Waals surface area contributed by atoms with E-state index in [0.29, 0.717) is 5.75 Å². The molecule has 4 nitrogen and oxygen atoms in total. The summed E-state index contributed by atoms with van der Waals surface area (Å²) in [4.78, 5) is 12.4. The highest BCUT2D eigenvalue weighted by atomic mass is 32.2. The van der Waals surface area contributed by atoms with Crippen LogP contribution >= 0.6 is 23.1 Å². The Kier molecular flexibility index (Phi) is 5.04. The molecule has 19 heavy (non-hydrogen) atoms. The van der Waals surface area contributed by atoms with Gasteiger partial charge in [-0.2, -0.15) is 11.8 Å². The second-order valence-corrected chi connectivity index (χ2v) is 6.23. The number of carbonyl (C=O) groups is 1. The van der Waals surface area contributed by atoms with Crippen molar-refractivity contribution in [1.29, 1.82) is 0 Å². The molecule has 0 unspecified atom stereocenters. The molecule has 0 atom stereocenters. The Hall–Kier alpha value is -1.27. The number of hydrogen-bond acceptors (Lipinski definition) is 4. The summed E-state index contributed by atoms with van der Waals surface area (Å²) in [5.41, 5.74) is 3.74. The number of nitrogens with one attached hydrogen (secondary N) is 1. The molecule has 1 amide bonds. The molecule has 102 valence electrons. The number of thiazole rings is 1. The van der Waals surface area contributed by atoms with Crippen LogP contribution in [0.5, 0.6) is 0 Å². The van der Waals surface area contributed by atoms with Gasteiger partial charge in [0.15, 0.2) is 0 Å². The van der Waals surface area contributed by atoms with Gasteiger partial charge in [-0.05, 0) is 24.3 Å². The molecule has 0 aliphatic rings. The lowest BCUT2D eigenvalue weighted by Gasteiger charge is -1.98. The zero-order valence-corrected chi connectivity index (χ0v) is 12.7. The van der Waals surface area contributed by atoms with E-state index in [1.165, 1.54) is 4.70 Å². The number of rotatable bonds is 5. The lowest BCUT2D eigenvalue weighted by molar-refractivity contribution is -0.118. The minimum absolute atomic E-state index is 0.0455. The first kappa shape index (κ1) is 14.1. The standard InChI is InChI=1S/C13H17N3OS2/c1-3-8-18-9-12(17)14-15-13-16(2)10-6-4-5-7-11(10)19-13/h4-7H,3,8-9H2,1-2H3,(H,14,17)/b15-13-. The quantitative estimate of drug-likeness (QED) is 0.679. The maximum atomic E-state index is 11.6. The van der Waals surface area contributed by atoms with Crippen LogP contribution < -0.4 is 10.2 Å². The first-order chi connectivity index (χ1) is 9.22. The van der Waals surface area contributed by atoms with Gasteiger partial charge in [-0.15, -0.1) is 5.10 Å². The Bertz CT molecular complexity index is 630. The Morgan fingerprint density at radius 3 is 3.00 bits per heavy atom. The average molecular weight is 295 g/mol.